The number of aliphatic carboxylic acids is 1. The molecule has 160 valence electrons. The van der Waals surface area contributed by atoms with E-state index in [4.69, 9.17) is 0 Å². The van der Waals surface area contributed by atoms with Crippen LogP contribution < -0.4 is 5.32 Å². The molecule has 2 aromatic heterocycles. The normalized spacial score (nSPS) is 19.1. The van der Waals surface area contributed by atoms with Gasteiger partial charge in [0, 0.05) is 32.7 Å². The van der Waals surface area contributed by atoms with E-state index >= 15 is 0 Å². The molecule has 10 heteroatoms. The summed E-state index contributed by atoms with van der Waals surface area (Å²) in [6.07, 6.45) is -2.79. The number of halogens is 3. The Morgan fingerprint density at radius 2 is 1.97 bits per heavy atom. The summed E-state index contributed by atoms with van der Waals surface area (Å²) in [5.74, 6) is -2.99. The Bertz CT molecular complexity index is 1050. The summed E-state index contributed by atoms with van der Waals surface area (Å²) in [7, 11) is 0. The van der Waals surface area contributed by atoms with Crippen LogP contribution in [-0.2, 0) is 22.4 Å². The van der Waals surface area contributed by atoms with Crippen LogP contribution in [0, 0.1) is 12.8 Å². The minimum Gasteiger partial charge on any atom is -0.478 e. The van der Waals surface area contributed by atoms with Gasteiger partial charge in [-0.1, -0.05) is 0 Å². The summed E-state index contributed by atoms with van der Waals surface area (Å²) >= 11 is 2.53. The number of thiazole rings is 1. The summed E-state index contributed by atoms with van der Waals surface area (Å²) in [4.78, 5) is 29.3. The molecule has 0 bridgehead atoms. The van der Waals surface area contributed by atoms with Gasteiger partial charge >= 0.3 is 12.1 Å². The largest absolute Gasteiger partial charge is 0.478 e. The summed E-state index contributed by atoms with van der Waals surface area (Å²) in [5.41, 5.74) is 2.63. The molecule has 0 fully saturated rings. The van der Waals surface area contributed by atoms with Crippen LogP contribution in [0.1, 0.15) is 41.8 Å². The summed E-state index contributed by atoms with van der Waals surface area (Å²) in [6, 6.07) is 0. The maximum Gasteiger partial charge on any atom is 0.392 e. The fourth-order valence-corrected chi connectivity index (χ4v) is 6.32. The van der Waals surface area contributed by atoms with Gasteiger partial charge in [0.05, 0.1) is 5.92 Å². The molecule has 2 heterocycles. The molecule has 0 radical (unpaired) electrons. The molecular formula is C20H19F3N2O3S2. The molecule has 0 aromatic carbocycles. The average molecular weight is 457 g/mol. The lowest BCUT2D eigenvalue weighted by Gasteiger charge is -2.24. The Morgan fingerprint density at radius 1 is 1.23 bits per heavy atom. The van der Waals surface area contributed by atoms with Crippen molar-refractivity contribution in [2.45, 2.75) is 51.6 Å². The van der Waals surface area contributed by atoms with Gasteiger partial charge in [-0.05, 0) is 51.0 Å². The zero-order valence-corrected chi connectivity index (χ0v) is 17.7. The molecule has 0 spiro atoms. The first-order valence-corrected chi connectivity index (χ1v) is 11.2. The highest BCUT2D eigenvalue weighted by Gasteiger charge is 2.43. The van der Waals surface area contributed by atoms with Crippen LogP contribution in [0.3, 0.4) is 0 Å². The van der Waals surface area contributed by atoms with Crippen LogP contribution in [0.25, 0.3) is 10.6 Å². The molecular weight excluding hydrogens is 437 g/mol. The SMILES string of the molecule is Cc1csc(-c2c(NC(=O)C3=C(C(=O)O)CCC3)sc3c2CCC(C(F)(F)F)C3)n1. The number of aromatic nitrogens is 1. The number of carbonyl (C=O) groups is 2. The zero-order chi connectivity index (χ0) is 21.6. The van der Waals surface area contributed by atoms with E-state index in [1.54, 1.807) is 0 Å². The smallest absolute Gasteiger partial charge is 0.392 e. The Morgan fingerprint density at radius 3 is 2.60 bits per heavy atom. The fraction of sp³-hybridized carbons (Fsp3) is 0.450. The number of alkyl halides is 3. The van der Waals surface area contributed by atoms with E-state index < -0.39 is 24.0 Å². The number of carbonyl (C=O) groups excluding carboxylic acids is 1. The van der Waals surface area contributed by atoms with Gasteiger partial charge in [-0.15, -0.1) is 22.7 Å². The molecule has 2 N–H and O–H groups in total. The van der Waals surface area contributed by atoms with Crippen LogP contribution in [0.2, 0.25) is 0 Å². The summed E-state index contributed by atoms with van der Waals surface area (Å²) in [6.45, 7) is 1.83. The maximum absolute atomic E-state index is 13.3. The van der Waals surface area contributed by atoms with E-state index in [1.807, 2.05) is 12.3 Å². The maximum atomic E-state index is 13.3. The number of carboxylic acid groups (broad SMARTS) is 1. The van der Waals surface area contributed by atoms with Crippen molar-refractivity contribution in [3.63, 3.8) is 0 Å². The van der Waals surface area contributed by atoms with Gasteiger partial charge in [0.15, 0.2) is 0 Å². The molecule has 1 unspecified atom stereocenters. The van der Waals surface area contributed by atoms with Crippen LogP contribution >= 0.6 is 22.7 Å². The number of fused-ring (bicyclic) bond motifs is 1. The number of hydrogen-bond donors (Lipinski definition) is 2. The minimum absolute atomic E-state index is 0.00624. The predicted molar refractivity (Wildman–Crippen MR) is 109 cm³/mol. The Balaban J connectivity index is 1.73. The third kappa shape index (κ3) is 3.90. The van der Waals surface area contributed by atoms with E-state index in [1.165, 1.54) is 11.3 Å². The first-order valence-electron chi connectivity index (χ1n) is 9.55. The highest BCUT2D eigenvalue weighted by molar-refractivity contribution is 7.18. The highest BCUT2D eigenvalue weighted by atomic mass is 32.1. The predicted octanol–water partition coefficient (Wildman–Crippen LogP) is 5.35. The molecule has 0 saturated heterocycles. The summed E-state index contributed by atoms with van der Waals surface area (Å²) in [5, 5.41) is 15.1. The van der Waals surface area contributed by atoms with Gasteiger partial charge in [0.2, 0.25) is 0 Å². The lowest BCUT2D eigenvalue weighted by Crippen LogP contribution is -2.28. The Hall–Kier alpha value is -2.20. The van der Waals surface area contributed by atoms with Gasteiger partial charge in [0.1, 0.15) is 10.0 Å². The van der Waals surface area contributed by atoms with E-state index in [0.29, 0.717) is 39.7 Å². The molecule has 1 atom stereocenters. The Labute approximate surface area is 178 Å². The number of anilines is 1. The third-order valence-corrected chi connectivity index (χ3v) is 7.69. The number of rotatable bonds is 4. The monoisotopic (exact) mass is 456 g/mol. The standard InChI is InChI=1S/C20H19F3N2O3S2/c1-9-8-29-17(24-9)15-13-6-5-10(20(21,22)23)7-14(13)30-18(15)25-16(26)11-3-2-4-12(11)19(27)28/h8,10H,2-7H2,1H3,(H,25,26)(H,27,28). The third-order valence-electron chi connectivity index (χ3n) is 5.54. The fourth-order valence-electron chi connectivity index (χ4n) is 4.06. The molecule has 30 heavy (non-hydrogen) atoms. The topological polar surface area (TPSA) is 79.3 Å². The average Bonchev–Trinajstić information content (AvgIpc) is 3.37. The minimum atomic E-state index is -4.26. The number of amides is 1. The molecule has 1 amide bonds. The molecule has 5 nitrogen and oxygen atoms in total. The molecule has 2 aliphatic rings. The first kappa shape index (κ1) is 21.0. The van der Waals surface area contributed by atoms with Crippen molar-refractivity contribution in [3.05, 3.63) is 32.7 Å². The lowest BCUT2D eigenvalue weighted by atomic mass is 9.87. The number of nitrogens with one attached hydrogen (secondary N) is 1. The number of nitrogens with zero attached hydrogens (tertiary/aromatic N) is 1. The second-order valence-corrected chi connectivity index (χ2v) is 9.52. The number of carboxylic acids is 1. The van der Waals surface area contributed by atoms with Gasteiger partial charge in [0.25, 0.3) is 5.91 Å². The highest BCUT2D eigenvalue weighted by Crippen LogP contribution is 2.48. The van der Waals surface area contributed by atoms with E-state index in [2.05, 4.69) is 10.3 Å². The van der Waals surface area contributed by atoms with E-state index in [-0.39, 0.29) is 30.4 Å². The number of aryl methyl sites for hydroxylation is 1. The van der Waals surface area contributed by atoms with Gasteiger partial charge in [-0.3, -0.25) is 4.79 Å². The van der Waals surface area contributed by atoms with Gasteiger partial charge in [-0.2, -0.15) is 13.2 Å². The van der Waals surface area contributed by atoms with Crippen molar-refractivity contribution < 1.29 is 27.9 Å². The first-order chi connectivity index (χ1) is 14.1. The number of hydrogen-bond acceptors (Lipinski definition) is 5. The quantitative estimate of drug-likeness (QED) is 0.650. The van der Waals surface area contributed by atoms with Crippen molar-refractivity contribution >= 4 is 39.6 Å². The molecule has 2 aliphatic carbocycles. The van der Waals surface area contributed by atoms with Crippen LogP contribution in [0.15, 0.2) is 16.5 Å². The van der Waals surface area contributed by atoms with Crippen LogP contribution in [0.4, 0.5) is 18.2 Å². The molecule has 0 saturated carbocycles. The van der Waals surface area contributed by atoms with Crippen molar-refractivity contribution in [1.82, 2.24) is 4.98 Å². The molecule has 2 aromatic rings. The molecule has 4 rings (SSSR count). The number of thiophene rings is 1. The van der Waals surface area contributed by atoms with Crippen LogP contribution in [0.5, 0.6) is 0 Å². The Kier molecular flexibility index (Phi) is 5.48. The van der Waals surface area contributed by atoms with Crippen LogP contribution in [-0.4, -0.2) is 28.1 Å². The van der Waals surface area contributed by atoms with E-state index in [0.717, 1.165) is 22.6 Å². The molecule has 0 aliphatic heterocycles. The van der Waals surface area contributed by atoms with Crippen molar-refractivity contribution in [2.75, 3.05) is 5.32 Å². The van der Waals surface area contributed by atoms with Gasteiger partial charge in [-0.25, -0.2) is 9.78 Å². The second kappa shape index (κ2) is 7.81. The van der Waals surface area contributed by atoms with Crippen molar-refractivity contribution in [2.24, 2.45) is 5.92 Å². The van der Waals surface area contributed by atoms with E-state index in [9.17, 15) is 27.9 Å². The van der Waals surface area contributed by atoms with Gasteiger partial charge < -0.3 is 10.4 Å². The van der Waals surface area contributed by atoms with Crippen molar-refractivity contribution in [1.29, 1.82) is 0 Å². The summed E-state index contributed by atoms with van der Waals surface area (Å²) < 4.78 is 39.8. The lowest BCUT2D eigenvalue weighted by molar-refractivity contribution is -0.176. The van der Waals surface area contributed by atoms with Crippen molar-refractivity contribution in [3.8, 4) is 10.6 Å². The zero-order valence-electron chi connectivity index (χ0n) is 16.1. The second-order valence-electron chi connectivity index (χ2n) is 7.55.